The third kappa shape index (κ3) is 4.05. The molecular formula is C12H18N6O2S. The summed E-state index contributed by atoms with van der Waals surface area (Å²) in [6, 6.07) is 0. The Morgan fingerprint density at radius 2 is 2.19 bits per heavy atom. The van der Waals surface area contributed by atoms with Gasteiger partial charge in [0.15, 0.2) is 0 Å². The molecule has 114 valence electrons. The number of nitrogens with zero attached hydrogens (tertiary/aromatic N) is 5. The maximum absolute atomic E-state index is 12.0. The normalized spacial score (nSPS) is 10.8. The number of anilines is 1. The number of hydrogen-bond acceptors (Lipinski definition) is 7. The van der Waals surface area contributed by atoms with E-state index >= 15 is 0 Å². The van der Waals surface area contributed by atoms with E-state index in [0.29, 0.717) is 18.0 Å². The number of hydrogen-bond donors (Lipinski definition) is 2. The number of aryl methyl sites for hydroxylation is 2. The predicted molar refractivity (Wildman–Crippen MR) is 78.1 cm³/mol. The number of rotatable bonds is 7. The van der Waals surface area contributed by atoms with Gasteiger partial charge in [0, 0.05) is 6.61 Å². The molecule has 8 nitrogen and oxygen atoms in total. The van der Waals surface area contributed by atoms with Crippen molar-refractivity contribution in [1.29, 1.82) is 0 Å². The lowest BCUT2D eigenvalue weighted by molar-refractivity contribution is -0.117. The van der Waals surface area contributed by atoms with Crippen LogP contribution in [0.3, 0.4) is 0 Å². The first-order valence-corrected chi connectivity index (χ1v) is 7.57. The minimum atomic E-state index is -0.212. The van der Waals surface area contributed by atoms with Crippen LogP contribution in [0.25, 0.3) is 0 Å². The Morgan fingerprint density at radius 3 is 2.86 bits per heavy atom. The molecule has 0 aliphatic rings. The van der Waals surface area contributed by atoms with Gasteiger partial charge in [0.1, 0.15) is 11.6 Å². The molecule has 9 heteroatoms. The van der Waals surface area contributed by atoms with E-state index in [2.05, 4.69) is 25.8 Å². The van der Waals surface area contributed by atoms with Crippen LogP contribution in [0.5, 0.6) is 0 Å². The highest BCUT2D eigenvalue weighted by Gasteiger charge is 2.13. The summed E-state index contributed by atoms with van der Waals surface area (Å²) in [7, 11) is 0. The Labute approximate surface area is 126 Å². The van der Waals surface area contributed by atoms with Crippen molar-refractivity contribution >= 4 is 22.4 Å². The van der Waals surface area contributed by atoms with E-state index in [1.165, 1.54) is 11.3 Å². The lowest BCUT2D eigenvalue weighted by atomic mass is 10.2. The molecule has 2 heterocycles. The number of carbonyl (C=O) groups is 1. The molecule has 0 aliphatic carbocycles. The average Bonchev–Trinajstić information content (AvgIpc) is 3.05. The van der Waals surface area contributed by atoms with Crippen molar-refractivity contribution in [1.82, 2.24) is 25.2 Å². The van der Waals surface area contributed by atoms with Gasteiger partial charge in [0.05, 0.1) is 11.4 Å². The predicted octanol–water partition coefficient (Wildman–Crippen LogP) is 0.564. The van der Waals surface area contributed by atoms with Crippen molar-refractivity contribution < 1.29 is 9.90 Å². The van der Waals surface area contributed by atoms with Crippen molar-refractivity contribution in [3.8, 4) is 0 Å². The molecule has 0 saturated heterocycles. The van der Waals surface area contributed by atoms with Crippen molar-refractivity contribution in [2.24, 2.45) is 0 Å². The van der Waals surface area contributed by atoms with E-state index in [4.69, 9.17) is 5.11 Å². The van der Waals surface area contributed by atoms with Gasteiger partial charge in [-0.25, -0.2) is 4.68 Å². The highest BCUT2D eigenvalue weighted by molar-refractivity contribution is 7.15. The van der Waals surface area contributed by atoms with Gasteiger partial charge in [-0.1, -0.05) is 23.5 Å². The molecule has 0 saturated carbocycles. The van der Waals surface area contributed by atoms with Crippen LogP contribution in [0.15, 0.2) is 0 Å². The molecule has 0 atom stereocenters. The van der Waals surface area contributed by atoms with Crippen molar-refractivity contribution in [2.45, 2.75) is 39.7 Å². The van der Waals surface area contributed by atoms with Gasteiger partial charge in [0.2, 0.25) is 11.0 Å². The molecule has 21 heavy (non-hydrogen) atoms. The number of amides is 1. The standard InChI is InChI=1S/C12H18N6O2S/c1-3-11-15-16-12(21-11)13-10(20)7-18-8(2)9(14-17-18)5-4-6-19/h19H,3-7H2,1-2H3,(H,13,16,20). The molecule has 0 unspecified atom stereocenters. The summed E-state index contributed by atoms with van der Waals surface area (Å²) in [5, 5.41) is 28.7. The number of carbonyl (C=O) groups excluding carboxylic acids is 1. The molecule has 2 rings (SSSR count). The zero-order chi connectivity index (χ0) is 15.2. The summed E-state index contributed by atoms with van der Waals surface area (Å²) in [6.07, 6.45) is 2.08. The van der Waals surface area contributed by atoms with E-state index in [0.717, 1.165) is 22.8 Å². The molecule has 0 fully saturated rings. The summed E-state index contributed by atoms with van der Waals surface area (Å²) >= 11 is 1.37. The largest absolute Gasteiger partial charge is 0.396 e. The zero-order valence-corrected chi connectivity index (χ0v) is 12.9. The van der Waals surface area contributed by atoms with E-state index in [-0.39, 0.29) is 19.1 Å². The molecular weight excluding hydrogens is 292 g/mol. The summed E-state index contributed by atoms with van der Waals surface area (Å²) in [5.74, 6) is -0.212. The fraction of sp³-hybridized carbons (Fsp3) is 0.583. The number of aliphatic hydroxyl groups is 1. The minimum Gasteiger partial charge on any atom is -0.396 e. The van der Waals surface area contributed by atoms with E-state index < -0.39 is 0 Å². The summed E-state index contributed by atoms with van der Waals surface area (Å²) in [6.45, 7) is 4.04. The lowest BCUT2D eigenvalue weighted by Crippen LogP contribution is -2.20. The van der Waals surface area contributed by atoms with Gasteiger partial charge < -0.3 is 5.11 Å². The minimum absolute atomic E-state index is 0.0823. The highest BCUT2D eigenvalue weighted by atomic mass is 32.1. The van der Waals surface area contributed by atoms with Crippen molar-refractivity contribution in [3.63, 3.8) is 0 Å². The smallest absolute Gasteiger partial charge is 0.248 e. The van der Waals surface area contributed by atoms with Gasteiger partial charge in [-0.3, -0.25) is 10.1 Å². The number of aromatic nitrogens is 5. The molecule has 0 aromatic carbocycles. The molecule has 0 radical (unpaired) electrons. The van der Waals surface area contributed by atoms with E-state index in [9.17, 15) is 4.79 Å². The topological polar surface area (TPSA) is 106 Å². The second-order valence-electron chi connectivity index (χ2n) is 4.51. The quantitative estimate of drug-likeness (QED) is 0.774. The van der Waals surface area contributed by atoms with Crippen LogP contribution in [0, 0.1) is 6.92 Å². The molecule has 0 aliphatic heterocycles. The first-order valence-electron chi connectivity index (χ1n) is 6.76. The van der Waals surface area contributed by atoms with Crippen LogP contribution in [-0.4, -0.2) is 42.8 Å². The molecule has 0 spiro atoms. The molecule has 0 bridgehead atoms. The molecule has 1 amide bonds. The molecule has 2 aromatic heterocycles. The van der Waals surface area contributed by atoms with Crippen LogP contribution in [0.1, 0.15) is 29.7 Å². The van der Waals surface area contributed by atoms with Crippen molar-refractivity contribution in [2.75, 3.05) is 11.9 Å². The van der Waals surface area contributed by atoms with Crippen LogP contribution in [0.2, 0.25) is 0 Å². The lowest BCUT2D eigenvalue weighted by Gasteiger charge is -2.03. The highest BCUT2D eigenvalue weighted by Crippen LogP contribution is 2.15. The maximum atomic E-state index is 12.0. The van der Waals surface area contributed by atoms with Gasteiger partial charge in [-0.15, -0.1) is 15.3 Å². The van der Waals surface area contributed by atoms with Gasteiger partial charge >= 0.3 is 0 Å². The Hall–Kier alpha value is -1.87. The third-order valence-electron chi connectivity index (χ3n) is 2.96. The Bertz CT molecular complexity index is 609. The van der Waals surface area contributed by atoms with Crippen LogP contribution >= 0.6 is 11.3 Å². The van der Waals surface area contributed by atoms with Crippen molar-refractivity contribution in [3.05, 3.63) is 16.4 Å². The Kier molecular flexibility index (Phi) is 5.34. The fourth-order valence-corrected chi connectivity index (χ4v) is 2.46. The molecule has 2 N–H and O–H groups in total. The first-order chi connectivity index (χ1) is 10.1. The second-order valence-corrected chi connectivity index (χ2v) is 5.57. The number of aliphatic hydroxyl groups excluding tert-OH is 1. The maximum Gasteiger partial charge on any atom is 0.248 e. The third-order valence-corrected chi connectivity index (χ3v) is 3.94. The second kappa shape index (κ2) is 7.23. The average molecular weight is 310 g/mol. The first kappa shape index (κ1) is 15.5. The SMILES string of the molecule is CCc1nnc(NC(=O)Cn2nnc(CCCO)c2C)s1. The summed E-state index contributed by atoms with van der Waals surface area (Å²) < 4.78 is 1.55. The van der Waals surface area contributed by atoms with Crippen LogP contribution in [0.4, 0.5) is 5.13 Å². The summed E-state index contributed by atoms with van der Waals surface area (Å²) in [5.41, 5.74) is 1.64. The van der Waals surface area contributed by atoms with E-state index in [1.807, 2.05) is 13.8 Å². The fourth-order valence-electron chi connectivity index (χ4n) is 1.77. The number of nitrogens with one attached hydrogen (secondary N) is 1. The van der Waals surface area contributed by atoms with Crippen LogP contribution in [-0.2, 0) is 24.2 Å². The monoisotopic (exact) mass is 310 g/mol. The summed E-state index contributed by atoms with van der Waals surface area (Å²) in [4.78, 5) is 12.0. The van der Waals surface area contributed by atoms with Gasteiger partial charge in [-0.2, -0.15) is 0 Å². The van der Waals surface area contributed by atoms with Gasteiger partial charge in [-0.05, 0) is 26.2 Å². The van der Waals surface area contributed by atoms with E-state index in [1.54, 1.807) is 4.68 Å². The van der Waals surface area contributed by atoms with Crippen LogP contribution < -0.4 is 5.32 Å². The molecule has 2 aromatic rings. The Morgan fingerprint density at radius 1 is 1.38 bits per heavy atom. The Balaban J connectivity index is 1.94. The van der Waals surface area contributed by atoms with Gasteiger partial charge in [0.25, 0.3) is 0 Å². The zero-order valence-electron chi connectivity index (χ0n) is 12.0.